The van der Waals surface area contributed by atoms with E-state index in [0.29, 0.717) is 30.4 Å². The van der Waals surface area contributed by atoms with Crippen molar-refractivity contribution >= 4 is 28.3 Å². The Labute approximate surface area is 173 Å². The molecule has 3 aromatic carbocycles. The van der Waals surface area contributed by atoms with Crippen molar-refractivity contribution in [2.45, 2.75) is 12.5 Å². The van der Waals surface area contributed by atoms with Gasteiger partial charge in [-0.1, -0.05) is 42.5 Å². The number of aliphatic hydroxyl groups excluding tert-OH is 1. The van der Waals surface area contributed by atoms with Gasteiger partial charge < -0.3 is 25.2 Å². The molecule has 1 unspecified atom stereocenters. The third kappa shape index (κ3) is 4.36. The maximum absolute atomic E-state index is 12.1. The summed E-state index contributed by atoms with van der Waals surface area (Å²) in [7, 11) is 0. The van der Waals surface area contributed by atoms with Crippen molar-refractivity contribution < 1.29 is 24.2 Å². The SMILES string of the molecule is O=C(NCCC(O)c1cccc2ccccc12)C(=O)Nc1ccc2c(c1)OCCO2. The van der Waals surface area contributed by atoms with Crippen LogP contribution in [0.15, 0.2) is 60.7 Å². The molecule has 30 heavy (non-hydrogen) atoms. The highest BCUT2D eigenvalue weighted by Gasteiger charge is 2.17. The number of carbonyl (C=O) groups excluding carboxylic acids is 2. The number of hydrogen-bond acceptors (Lipinski definition) is 5. The number of aliphatic hydroxyl groups is 1. The fraction of sp³-hybridized carbons (Fsp3) is 0.217. The molecule has 7 heteroatoms. The maximum Gasteiger partial charge on any atom is 0.313 e. The number of nitrogens with one attached hydrogen (secondary N) is 2. The molecule has 1 atom stereocenters. The van der Waals surface area contributed by atoms with Crippen LogP contribution in [0, 0.1) is 0 Å². The van der Waals surface area contributed by atoms with E-state index in [9.17, 15) is 14.7 Å². The molecule has 154 valence electrons. The molecule has 7 nitrogen and oxygen atoms in total. The predicted octanol–water partition coefficient (Wildman–Crippen LogP) is 2.79. The lowest BCUT2D eigenvalue weighted by Crippen LogP contribution is -2.36. The maximum atomic E-state index is 12.1. The smallest absolute Gasteiger partial charge is 0.313 e. The van der Waals surface area contributed by atoms with Crippen LogP contribution >= 0.6 is 0 Å². The highest BCUT2D eigenvalue weighted by atomic mass is 16.6. The molecular formula is C23H22N2O5. The van der Waals surface area contributed by atoms with Gasteiger partial charge in [0.2, 0.25) is 0 Å². The van der Waals surface area contributed by atoms with Crippen LogP contribution in [0.2, 0.25) is 0 Å². The number of rotatable bonds is 5. The molecule has 0 aromatic heterocycles. The van der Waals surface area contributed by atoms with E-state index < -0.39 is 17.9 Å². The Bertz CT molecular complexity index is 1080. The van der Waals surface area contributed by atoms with Crippen LogP contribution in [-0.4, -0.2) is 36.7 Å². The van der Waals surface area contributed by atoms with Gasteiger partial charge in [-0.3, -0.25) is 9.59 Å². The summed E-state index contributed by atoms with van der Waals surface area (Å²) in [5, 5.41) is 17.6. The van der Waals surface area contributed by atoms with Crippen LogP contribution in [0.1, 0.15) is 18.1 Å². The molecule has 2 amide bonds. The molecule has 4 rings (SSSR count). The van der Waals surface area contributed by atoms with Crippen LogP contribution in [0.4, 0.5) is 5.69 Å². The van der Waals surface area contributed by atoms with Gasteiger partial charge in [0.1, 0.15) is 13.2 Å². The topological polar surface area (TPSA) is 96.9 Å². The molecule has 0 saturated carbocycles. The van der Waals surface area contributed by atoms with E-state index in [1.807, 2.05) is 42.5 Å². The summed E-state index contributed by atoms with van der Waals surface area (Å²) in [6.45, 7) is 1.08. The zero-order valence-electron chi connectivity index (χ0n) is 16.3. The van der Waals surface area contributed by atoms with E-state index in [1.54, 1.807) is 18.2 Å². The molecule has 0 aliphatic carbocycles. The molecule has 1 aliphatic rings. The number of benzene rings is 3. The summed E-state index contributed by atoms with van der Waals surface area (Å²) < 4.78 is 10.9. The van der Waals surface area contributed by atoms with Gasteiger partial charge in [-0.2, -0.15) is 0 Å². The molecule has 3 N–H and O–H groups in total. The van der Waals surface area contributed by atoms with Gasteiger partial charge in [0.15, 0.2) is 11.5 Å². The van der Waals surface area contributed by atoms with Crippen molar-refractivity contribution in [1.29, 1.82) is 0 Å². The van der Waals surface area contributed by atoms with Crippen molar-refractivity contribution in [3.05, 3.63) is 66.2 Å². The van der Waals surface area contributed by atoms with E-state index in [4.69, 9.17) is 9.47 Å². The molecule has 1 heterocycles. The molecular weight excluding hydrogens is 384 g/mol. The van der Waals surface area contributed by atoms with Crippen molar-refractivity contribution in [3.63, 3.8) is 0 Å². The quantitative estimate of drug-likeness (QED) is 0.566. The van der Waals surface area contributed by atoms with Gasteiger partial charge in [-0.05, 0) is 34.9 Å². The van der Waals surface area contributed by atoms with E-state index >= 15 is 0 Å². The zero-order chi connectivity index (χ0) is 20.9. The number of hydrogen-bond donors (Lipinski definition) is 3. The van der Waals surface area contributed by atoms with Crippen molar-refractivity contribution in [2.75, 3.05) is 25.1 Å². The minimum Gasteiger partial charge on any atom is -0.486 e. The third-order valence-corrected chi connectivity index (χ3v) is 4.89. The first kappa shape index (κ1) is 19.7. The van der Waals surface area contributed by atoms with Crippen LogP contribution in [0.3, 0.4) is 0 Å². The summed E-state index contributed by atoms with van der Waals surface area (Å²) in [5.41, 5.74) is 1.23. The number of amides is 2. The van der Waals surface area contributed by atoms with Gasteiger partial charge in [-0.15, -0.1) is 0 Å². The van der Waals surface area contributed by atoms with Crippen molar-refractivity contribution in [1.82, 2.24) is 5.32 Å². The number of fused-ring (bicyclic) bond motifs is 2. The molecule has 0 radical (unpaired) electrons. The summed E-state index contributed by atoms with van der Waals surface area (Å²) in [5.74, 6) is -0.426. The normalized spacial score (nSPS) is 13.5. The number of ether oxygens (including phenoxy) is 2. The third-order valence-electron chi connectivity index (χ3n) is 4.89. The zero-order valence-corrected chi connectivity index (χ0v) is 16.3. The standard InChI is InChI=1S/C23H22N2O5/c26-19(18-7-3-5-15-4-1-2-6-17(15)18)10-11-24-22(27)23(28)25-16-8-9-20-21(14-16)30-13-12-29-20/h1-9,14,19,26H,10-13H2,(H,24,27)(H,25,28). The Hall–Kier alpha value is -3.58. The average molecular weight is 406 g/mol. The van der Waals surface area contributed by atoms with E-state index in [1.165, 1.54) is 0 Å². The molecule has 0 fully saturated rings. The summed E-state index contributed by atoms with van der Waals surface area (Å²) in [6.07, 6.45) is -0.464. The monoisotopic (exact) mass is 406 g/mol. The molecule has 0 saturated heterocycles. The highest BCUT2D eigenvalue weighted by Crippen LogP contribution is 2.32. The van der Waals surface area contributed by atoms with Gasteiger partial charge in [-0.25, -0.2) is 0 Å². The van der Waals surface area contributed by atoms with E-state index in [-0.39, 0.29) is 13.0 Å². The minimum absolute atomic E-state index is 0.164. The fourth-order valence-corrected chi connectivity index (χ4v) is 3.41. The first-order valence-corrected chi connectivity index (χ1v) is 9.76. The fourth-order valence-electron chi connectivity index (χ4n) is 3.41. The Morgan fingerprint density at radius 2 is 1.70 bits per heavy atom. The lowest BCUT2D eigenvalue weighted by molar-refractivity contribution is -0.136. The minimum atomic E-state index is -0.786. The van der Waals surface area contributed by atoms with Crippen molar-refractivity contribution in [3.8, 4) is 11.5 Å². The van der Waals surface area contributed by atoms with E-state index in [0.717, 1.165) is 16.3 Å². The van der Waals surface area contributed by atoms with E-state index in [2.05, 4.69) is 10.6 Å². The van der Waals surface area contributed by atoms with Gasteiger partial charge in [0, 0.05) is 18.3 Å². The molecule has 0 spiro atoms. The second-order valence-electron chi connectivity index (χ2n) is 6.94. The summed E-state index contributed by atoms with van der Waals surface area (Å²) in [6, 6.07) is 18.5. The van der Waals surface area contributed by atoms with Crippen molar-refractivity contribution in [2.24, 2.45) is 0 Å². The van der Waals surface area contributed by atoms with Gasteiger partial charge in [0.05, 0.1) is 6.10 Å². The van der Waals surface area contributed by atoms with Crippen LogP contribution < -0.4 is 20.1 Å². The summed E-state index contributed by atoms with van der Waals surface area (Å²) in [4.78, 5) is 24.2. The number of anilines is 1. The Morgan fingerprint density at radius 3 is 2.57 bits per heavy atom. The average Bonchev–Trinajstić information content (AvgIpc) is 2.78. The van der Waals surface area contributed by atoms with Crippen LogP contribution in [0.5, 0.6) is 11.5 Å². The molecule has 3 aromatic rings. The lowest BCUT2D eigenvalue weighted by atomic mass is 9.99. The van der Waals surface area contributed by atoms with Gasteiger partial charge in [0.25, 0.3) is 0 Å². The first-order valence-electron chi connectivity index (χ1n) is 9.76. The van der Waals surface area contributed by atoms with Gasteiger partial charge >= 0.3 is 11.8 Å². The predicted molar refractivity (Wildman–Crippen MR) is 113 cm³/mol. The van der Waals surface area contributed by atoms with Crippen LogP contribution in [0.25, 0.3) is 10.8 Å². The second-order valence-corrected chi connectivity index (χ2v) is 6.94. The Kier molecular flexibility index (Phi) is 5.81. The largest absolute Gasteiger partial charge is 0.486 e. The first-order chi connectivity index (χ1) is 14.6. The highest BCUT2D eigenvalue weighted by molar-refractivity contribution is 6.39. The van der Waals surface area contributed by atoms with Crippen LogP contribution in [-0.2, 0) is 9.59 Å². The Morgan fingerprint density at radius 1 is 0.933 bits per heavy atom. The molecule has 1 aliphatic heterocycles. The lowest BCUT2D eigenvalue weighted by Gasteiger charge is -2.19. The Balaban J connectivity index is 1.30. The summed E-state index contributed by atoms with van der Waals surface area (Å²) >= 11 is 0. The molecule has 0 bridgehead atoms. The number of carbonyl (C=O) groups is 2. The second kappa shape index (κ2) is 8.84.